The number of likely N-dealkylation sites (tertiary alicyclic amines) is 1. The van der Waals surface area contributed by atoms with Gasteiger partial charge in [-0.1, -0.05) is 17.7 Å². The van der Waals surface area contributed by atoms with Gasteiger partial charge in [0.25, 0.3) is 5.91 Å². The smallest absolute Gasteiger partial charge is 0.313 e. The Kier molecular flexibility index (Phi) is 5.02. The molecular formula is C18H20ClN3O4. The first-order valence-corrected chi connectivity index (χ1v) is 8.58. The summed E-state index contributed by atoms with van der Waals surface area (Å²) in [6.45, 7) is 2.37. The molecule has 0 bridgehead atoms. The van der Waals surface area contributed by atoms with E-state index in [1.807, 2.05) is 12.1 Å². The first-order valence-electron chi connectivity index (χ1n) is 8.20. The molecule has 1 amide bonds. The maximum atomic E-state index is 12.9. The van der Waals surface area contributed by atoms with E-state index in [0.29, 0.717) is 29.2 Å². The minimum Gasteiger partial charge on any atom is -0.481 e. The van der Waals surface area contributed by atoms with Crippen LogP contribution in [0.15, 0.2) is 30.5 Å². The average Bonchev–Trinajstić information content (AvgIpc) is 3.20. The van der Waals surface area contributed by atoms with E-state index in [9.17, 15) is 14.7 Å². The second kappa shape index (κ2) is 7.09. The van der Waals surface area contributed by atoms with Crippen molar-refractivity contribution in [1.29, 1.82) is 0 Å². The van der Waals surface area contributed by atoms with E-state index in [0.717, 1.165) is 5.69 Å². The van der Waals surface area contributed by atoms with Gasteiger partial charge in [0.05, 0.1) is 29.7 Å². The van der Waals surface area contributed by atoms with Crippen molar-refractivity contribution < 1.29 is 19.4 Å². The van der Waals surface area contributed by atoms with E-state index in [1.54, 1.807) is 28.6 Å². The lowest BCUT2D eigenvalue weighted by Crippen LogP contribution is -2.40. The van der Waals surface area contributed by atoms with E-state index >= 15 is 0 Å². The highest BCUT2D eigenvalue weighted by Gasteiger charge is 2.46. The van der Waals surface area contributed by atoms with Gasteiger partial charge >= 0.3 is 5.97 Å². The number of aliphatic carboxylic acids is 1. The predicted molar refractivity (Wildman–Crippen MR) is 95.8 cm³/mol. The van der Waals surface area contributed by atoms with Crippen molar-refractivity contribution in [1.82, 2.24) is 14.7 Å². The van der Waals surface area contributed by atoms with Gasteiger partial charge in [0.2, 0.25) is 0 Å². The van der Waals surface area contributed by atoms with Crippen LogP contribution in [0.3, 0.4) is 0 Å². The molecular weight excluding hydrogens is 358 g/mol. The van der Waals surface area contributed by atoms with Crippen molar-refractivity contribution in [3.8, 4) is 5.69 Å². The van der Waals surface area contributed by atoms with Gasteiger partial charge in [-0.15, -0.1) is 0 Å². The number of hydrogen-bond donors (Lipinski definition) is 1. The number of carboxylic acids is 1. The number of nitrogens with zero attached hydrogens (tertiary/aromatic N) is 3. The molecule has 1 aliphatic heterocycles. The molecule has 1 aromatic heterocycles. The number of halogens is 1. The Bertz CT molecular complexity index is 851. The van der Waals surface area contributed by atoms with E-state index in [4.69, 9.17) is 16.3 Å². The largest absolute Gasteiger partial charge is 0.481 e. The number of carboxylic acid groups (broad SMARTS) is 1. The molecule has 2 aromatic rings. The maximum absolute atomic E-state index is 12.9. The molecule has 1 saturated heterocycles. The van der Waals surface area contributed by atoms with Crippen LogP contribution in [0.1, 0.15) is 22.5 Å². The summed E-state index contributed by atoms with van der Waals surface area (Å²) < 4.78 is 6.72. The summed E-state index contributed by atoms with van der Waals surface area (Å²) in [5.41, 5.74) is 0.830. The molecule has 1 atom stereocenters. The molecule has 138 valence electrons. The highest BCUT2D eigenvalue weighted by Crippen LogP contribution is 2.32. The van der Waals surface area contributed by atoms with Gasteiger partial charge in [0.15, 0.2) is 0 Å². The van der Waals surface area contributed by atoms with Crippen LogP contribution in [-0.4, -0.2) is 58.5 Å². The first-order chi connectivity index (χ1) is 12.4. The van der Waals surface area contributed by atoms with E-state index in [-0.39, 0.29) is 19.1 Å². The lowest BCUT2D eigenvalue weighted by atomic mass is 9.88. The summed E-state index contributed by atoms with van der Waals surface area (Å²) in [5.74, 6) is -1.17. The van der Waals surface area contributed by atoms with E-state index in [1.165, 1.54) is 13.3 Å². The average molecular weight is 378 g/mol. The normalized spacial score (nSPS) is 19.7. The molecule has 26 heavy (non-hydrogen) atoms. The van der Waals surface area contributed by atoms with Crippen LogP contribution < -0.4 is 0 Å². The Labute approximate surface area is 156 Å². The molecule has 0 aliphatic carbocycles. The van der Waals surface area contributed by atoms with Crippen molar-refractivity contribution in [3.05, 3.63) is 46.7 Å². The Balaban J connectivity index is 1.85. The van der Waals surface area contributed by atoms with Gasteiger partial charge < -0.3 is 14.7 Å². The summed E-state index contributed by atoms with van der Waals surface area (Å²) in [6, 6.07) is 7.19. The van der Waals surface area contributed by atoms with Gasteiger partial charge in [-0.25, -0.2) is 4.68 Å². The second-order valence-electron chi connectivity index (χ2n) is 6.53. The summed E-state index contributed by atoms with van der Waals surface area (Å²) in [6.07, 6.45) is 1.87. The minimum absolute atomic E-state index is 0.0763. The van der Waals surface area contributed by atoms with Crippen LogP contribution in [0, 0.1) is 12.3 Å². The molecule has 1 unspecified atom stereocenters. The number of aromatic nitrogens is 2. The van der Waals surface area contributed by atoms with Crippen LogP contribution in [0.5, 0.6) is 0 Å². The maximum Gasteiger partial charge on any atom is 0.313 e. The fourth-order valence-electron chi connectivity index (χ4n) is 3.33. The molecule has 1 N–H and O–H groups in total. The van der Waals surface area contributed by atoms with Gasteiger partial charge in [-0.05, 0) is 31.5 Å². The molecule has 1 aromatic carbocycles. The quantitative estimate of drug-likeness (QED) is 0.864. The van der Waals surface area contributed by atoms with Crippen LogP contribution in [0.2, 0.25) is 5.02 Å². The monoisotopic (exact) mass is 377 g/mol. The van der Waals surface area contributed by atoms with E-state index in [2.05, 4.69) is 5.10 Å². The zero-order valence-electron chi connectivity index (χ0n) is 14.6. The standard InChI is InChI=1S/C18H20ClN3O4/c1-12-15(9-20-22(12)14-5-3-4-13(19)8-14)16(23)21-7-6-18(10-21,11-26-2)17(24)25/h3-5,8-9H,6-7,10-11H2,1-2H3,(H,24,25). The third-order valence-electron chi connectivity index (χ3n) is 4.81. The fourth-order valence-corrected chi connectivity index (χ4v) is 3.52. The van der Waals surface area contributed by atoms with Crippen molar-refractivity contribution in [2.24, 2.45) is 5.41 Å². The number of rotatable bonds is 5. The van der Waals surface area contributed by atoms with E-state index < -0.39 is 11.4 Å². The summed E-state index contributed by atoms with van der Waals surface area (Å²) in [5, 5.41) is 14.4. The minimum atomic E-state index is -1.05. The number of carbonyl (C=O) groups is 2. The summed E-state index contributed by atoms with van der Waals surface area (Å²) in [4.78, 5) is 26.1. The number of carbonyl (C=O) groups excluding carboxylic acids is 1. The second-order valence-corrected chi connectivity index (χ2v) is 6.97. The Morgan fingerprint density at radius 1 is 1.42 bits per heavy atom. The molecule has 0 saturated carbocycles. The van der Waals surface area contributed by atoms with Crippen LogP contribution in [0.25, 0.3) is 5.69 Å². The lowest BCUT2D eigenvalue weighted by Gasteiger charge is -2.23. The number of ether oxygens (including phenoxy) is 1. The molecule has 1 aliphatic rings. The van der Waals surface area contributed by atoms with Gasteiger partial charge in [-0.3, -0.25) is 9.59 Å². The number of amides is 1. The predicted octanol–water partition coefficient (Wildman–Crippen LogP) is 2.40. The number of benzene rings is 1. The topological polar surface area (TPSA) is 84.7 Å². The highest BCUT2D eigenvalue weighted by molar-refractivity contribution is 6.30. The number of methoxy groups -OCH3 is 1. The Morgan fingerprint density at radius 2 is 2.19 bits per heavy atom. The molecule has 3 rings (SSSR count). The third-order valence-corrected chi connectivity index (χ3v) is 5.04. The van der Waals surface area contributed by atoms with Crippen molar-refractivity contribution in [3.63, 3.8) is 0 Å². The SMILES string of the molecule is COCC1(C(=O)O)CCN(C(=O)c2cnn(-c3cccc(Cl)c3)c2C)C1. The van der Waals surface area contributed by atoms with Gasteiger partial charge in [0.1, 0.15) is 5.41 Å². The third kappa shape index (κ3) is 3.20. The van der Waals surface area contributed by atoms with Crippen LogP contribution >= 0.6 is 11.6 Å². The lowest BCUT2D eigenvalue weighted by molar-refractivity contribution is -0.151. The van der Waals surface area contributed by atoms with Crippen molar-refractivity contribution >= 4 is 23.5 Å². The molecule has 0 radical (unpaired) electrons. The summed E-state index contributed by atoms with van der Waals surface area (Å²) >= 11 is 6.03. The fraction of sp³-hybridized carbons (Fsp3) is 0.389. The van der Waals surface area contributed by atoms with Gasteiger partial charge in [0, 0.05) is 25.2 Å². The molecule has 8 heteroatoms. The zero-order chi connectivity index (χ0) is 18.9. The number of hydrogen-bond acceptors (Lipinski definition) is 4. The van der Waals surface area contributed by atoms with Crippen molar-refractivity contribution in [2.45, 2.75) is 13.3 Å². The Hall–Kier alpha value is -2.38. The van der Waals surface area contributed by atoms with Gasteiger partial charge in [-0.2, -0.15) is 5.10 Å². The zero-order valence-corrected chi connectivity index (χ0v) is 15.4. The molecule has 0 spiro atoms. The summed E-state index contributed by atoms with van der Waals surface area (Å²) in [7, 11) is 1.47. The first kappa shape index (κ1) is 18.4. The van der Waals surface area contributed by atoms with Crippen molar-refractivity contribution in [2.75, 3.05) is 26.8 Å². The molecule has 1 fully saturated rings. The van der Waals surface area contributed by atoms with Crippen LogP contribution in [0.4, 0.5) is 0 Å². The highest BCUT2D eigenvalue weighted by atomic mass is 35.5. The molecule has 2 heterocycles. The molecule has 7 nitrogen and oxygen atoms in total. The van der Waals surface area contributed by atoms with Crippen LogP contribution in [-0.2, 0) is 9.53 Å². The Morgan fingerprint density at radius 3 is 2.85 bits per heavy atom.